The standard InChI is InChI=1S/C21H22N6OS2/c1-13-8-9-14(2)17(10-13)23-18(28)12-29-21-26-27-19(24-25-20(27)30-21)16(22)11-15-6-4-3-5-7-15/h3-10,16H,11-12,22H2,1-2H3,(H,23,28). The Bertz CT molecular complexity index is 1170. The number of rotatable bonds is 7. The monoisotopic (exact) mass is 438 g/mol. The molecule has 0 aliphatic heterocycles. The predicted molar refractivity (Wildman–Crippen MR) is 121 cm³/mol. The van der Waals surface area contributed by atoms with Crippen molar-refractivity contribution in [2.24, 2.45) is 5.73 Å². The van der Waals surface area contributed by atoms with Gasteiger partial charge in [0.05, 0.1) is 11.8 Å². The van der Waals surface area contributed by atoms with Crippen LogP contribution in [0.5, 0.6) is 0 Å². The number of benzene rings is 2. The third-order valence-corrected chi connectivity index (χ3v) is 6.65. The molecule has 0 aliphatic rings. The Morgan fingerprint density at radius 1 is 1.20 bits per heavy atom. The van der Waals surface area contributed by atoms with Crippen molar-refractivity contribution < 1.29 is 4.79 Å². The van der Waals surface area contributed by atoms with Gasteiger partial charge in [0.15, 0.2) is 10.2 Å². The summed E-state index contributed by atoms with van der Waals surface area (Å²) >= 11 is 2.78. The van der Waals surface area contributed by atoms with Gasteiger partial charge < -0.3 is 11.1 Å². The number of carbonyl (C=O) groups is 1. The molecular formula is C21H22N6OS2. The van der Waals surface area contributed by atoms with Crippen LogP contribution >= 0.6 is 23.1 Å². The van der Waals surface area contributed by atoms with Crippen LogP contribution in [0.25, 0.3) is 4.96 Å². The van der Waals surface area contributed by atoms with E-state index in [0.29, 0.717) is 17.2 Å². The van der Waals surface area contributed by atoms with E-state index in [1.54, 1.807) is 4.52 Å². The van der Waals surface area contributed by atoms with E-state index in [1.807, 2.05) is 62.4 Å². The van der Waals surface area contributed by atoms with Crippen LogP contribution in [0.1, 0.15) is 28.6 Å². The maximum absolute atomic E-state index is 12.4. The quantitative estimate of drug-likeness (QED) is 0.426. The number of anilines is 1. The molecule has 4 aromatic rings. The van der Waals surface area contributed by atoms with Gasteiger partial charge in [-0.25, -0.2) is 0 Å². The maximum atomic E-state index is 12.4. The molecule has 1 unspecified atom stereocenters. The third-order valence-electron chi connectivity index (χ3n) is 4.62. The van der Waals surface area contributed by atoms with Crippen molar-refractivity contribution in [1.82, 2.24) is 19.8 Å². The molecule has 0 spiro atoms. The highest BCUT2D eigenvalue weighted by Crippen LogP contribution is 2.26. The molecule has 154 valence electrons. The van der Waals surface area contributed by atoms with Crippen molar-refractivity contribution >= 4 is 39.7 Å². The van der Waals surface area contributed by atoms with Crippen molar-refractivity contribution in [3.8, 4) is 0 Å². The molecular weight excluding hydrogens is 416 g/mol. The molecule has 0 fully saturated rings. The van der Waals surface area contributed by atoms with Crippen LogP contribution in [0, 0.1) is 13.8 Å². The van der Waals surface area contributed by atoms with Gasteiger partial charge in [0.25, 0.3) is 0 Å². The number of aryl methyl sites for hydroxylation is 2. The lowest BCUT2D eigenvalue weighted by atomic mass is 10.1. The molecule has 0 bridgehead atoms. The summed E-state index contributed by atoms with van der Waals surface area (Å²) in [6.45, 7) is 3.98. The van der Waals surface area contributed by atoms with Crippen LogP contribution in [-0.4, -0.2) is 31.5 Å². The van der Waals surface area contributed by atoms with Crippen LogP contribution in [0.4, 0.5) is 5.69 Å². The molecule has 0 radical (unpaired) electrons. The van der Waals surface area contributed by atoms with E-state index in [2.05, 4.69) is 20.6 Å². The van der Waals surface area contributed by atoms with E-state index < -0.39 is 0 Å². The van der Waals surface area contributed by atoms with Crippen LogP contribution in [0.3, 0.4) is 0 Å². The normalized spacial score (nSPS) is 12.2. The minimum absolute atomic E-state index is 0.0688. The second kappa shape index (κ2) is 8.95. The lowest BCUT2D eigenvalue weighted by molar-refractivity contribution is -0.113. The van der Waals surface area contributed by atoms with Gasteiger partial charge in [-0.2, -0.15) is 4.52 Å². The Hall–Kier alpha value is -2.75. The second-order valence-electron chi connectivity index (χ2n) is 7.07. The van der Waals surface area contributed by atoms with Gasteiger partial charge in [-0.15, -0.1) is 15.3 Å². The summed E-state index contributed by atoms with van der Waals surface area (Å²) in [5.41, 5.74) is 10.5. The maximum Gasteiger partial charge on any atom is 0.235 e. The number of hydrogen-bond acceptors (Lipinski definition) is 7. The Labute approximate surface area is 182 Å². The Morgan fingerprint density at radius 2 is 2.00 bits per heavy atom. The van der Waals surface area contributed by atoms with Gasteiger partial charge in [-0.1, -0.05) is 65.6 Å². The molecule has 3 N–H and O–H groups in total. The fourth-order valence-electron chi connectivity index (χ4n) is 3.05. The summed E-state index contributed by atoms with van der Waals surface area (Å²) in [6.07, 6.45) is 0.653. The summed E-state index contributed by atoms with van der Waals surface area (Å²) in [7, 11) is 0. The highest BCUT2D eigenvalue weighted by Gasteiger charge is 2.19. The highest BCUT2D eigenvalue weighted by atomic mass is 32.2. The van der Waals surface area contributed by atoms with Gasteiger partial charge in [-0.05, 0) is 43.0 Å². The number of carbonyl (C=O) groups excluding carboxylic acids is 1. The van der Waals surface area contributed by atoms with E-state index >= 15 is 0 Å². The van der Waals surface area contributed by atoms with E-state index in [0.717, 1.165) is 26.7 Å². The second-order valence-corrected chi connectivity index (χ2v) is 9.25. The van der Waals surface area contributed by atoms with E-state index in [4.69, 9.17) is 5.73 Å². The Balaban J connectivity index is 1.40. The highest BCUT2D eigenvalue weighted by molar-refractivity contribution is 8.01. The predicted octanol–water partition coefficient (Wildman–Crippen LogP) is 3.78. The van der Waals surface area contributed by atoms with E-state index in [1.165, 1.54) is 23.1 Å². The number of nitrogens with one attached hydrogen (secondary N) is 1. The number of fused-ring (bicyclic) bond motifs is 1. The van der Waals surface area contributed by atoms with Crippen molar-refractivity contribution in [3.63, 3.8) is 0 Å². The van der Waals surface area contributed by atoms with Crippen molar-refractivity contribution in [2.75, 3.05) is 11.1 Å². The smallest absolute Gasteiger partial charge is 0.235 e. The van der Waals surface area contributed by atoms with Crippen molar-refractivity contribution in [2.45, 2.75) is 30.6 Å². The molecule has 7 nitrogen and oxygen atoms in total. The number of aromatic nitrogens is 4. The molecule has 0 aliphatic carbocycles. The van der Waals surface area contributed by atoms with Crippen LogP contribution in [-0.2, 0) is 11.2 Å². The zero-order valence-electron chi connectivity index (χ0n) is 16.7. The summed E-state index contributed by atoms with van der Waals surface area (Å²) in [4.78, 5) is 13.0. The summed E-state index contributed by atoms with van der Waals surface area (Å²) in [5, 5.41) is 15.9. The minimum atomic E-state index is -0.310. The molecule has 9 heteroatoms. The number of hydrogen-bond donors (Lipinski definition) is 2. The largest absolute Gasteiger partial charge is 0.325 e. The topological polar surface area (TPSA) is 98.2 Å². The van der Waals surface area contributed by atoms with E-state index in [9.17, 15) is 4.79 Å². The fraction of sp³-hybridized carbons (Fsp3) is 0.238. The average Bonchev–Trinajstić information content (AvgIpc) is 3.30. The zero-order chi connectivity index (χ0) is 21.1. The summed E-state index contributed by atoms with van der Waals surface area (Å²) < 4.78 is 2.44. The van der Waals surface area contributed by atoms with Crippen LogP contribution < -0.4 is 11.1 Å². The molecule has 2 aromatic heterocycles. The molecule has 30 heavy (non-hydrogen) atoms. The first kappa shape index (κ1) is 20.5. The zero-order valence-corrected chi connectivity index (χ0v) is 18.3. The Kier molecular flexibility index (Phi) is 6.12. The number of amides is 1. The lowest BCUT2D eigenvalue weighted by Gasteiger charge is -2.09. The number of thioether (sulfide) groups is 1. The minimum Gasteiger partial charge on any atom is -0.325 e. The van der Waals surface area contributed by atoms with Crippen molar-refractivity contribution in [3.05, 3.63) is 71.0 Å². The summed E-state index contributed by atoms with van der Waals surface area (Å²) in [5.74, 6) is 0.820. The van der Waals surface area contributed by atoms with E-state index in [-0.39, 0.29) is 17.7 Å². The van der Waals surface area contributed by atoms with Gasteiger partial charge in [0.1, 0.15) is 0 Å². The molecule has 1 atom stereocenters. The number of nitrogens with zero attached hydrogens (tertiary/aromatic N) is 4. The Morgan fingerprint density at radius 3 is 2.80 bits per heavy atom. The van der Waals surface area contributed by atoms with Gasteiger partial charge in [0, 0.05) is 5.69 Å². The third kappa shape index (κ3) is 4.69. The first-order valence-corrected chi connectivity index (χ1v) is 11.3. The first-order valence-electron chi connectivity index (χ1n) is 9.51. The molecule has 2 aromatic carbocycles. The molecule has 2 heterocycles. The lowest BCUT2D eigenvalue weighted by Crippen LogP contribution is -2.17. The molecule has 0 saturated heterocycles. The SMILES string of the molecule is Cc1ccc(C)c(NC(=O)CSc2nn3c(C(N)Cc4ccccc4)nnc3s2)c1. The molecule has 1 amide bonds. The average molecular weight is 439 g/mol. The first-order chi connectivity index (χ1) is 14.5. The van der Waals surface area contributed by atoms with Crippen molar-refractivity contribution in [1.29, 1.82) is 0 Å². The van der Waals surface area contributed by atoms with Gasteiger partial charge in [-0.3, -0.25) is 4.79 Å². The molecule has 4 rings (SSSR count). The molecule has 0 saturated carbocycles. The fourth-order valence-corrected chi connectivity index (χ4v) is 4.73. The van der Waals surface area contributed by atoms with Gasteiger partial charge >= 0.3 is 0 Å². The summed E-state index contributed by atoms with van der Waals surface area (Å²) in [6, 6.07) is 15.7. The number of nitrogens with two attached hydrogens (primary N) is 1. The van der Waals surface area contributed by atoms with Crippen LogP contribution in [0.2, 0.25) is 0 Å². The van der Waals surface area contributed by atoms with Gasteiger partial charge in [0.2, 0.25) is 10.9 Å². The van der Waals surface area contributed by atoms with Crippen LogP contribution in [0.15, 0.2) is 52.9 Å².